The van der Waals surface area contributed by atoms with Gasteiger partial charge in [-0.05, 0) is 51.9 Å². The number of alkyl halides is 3. The van der Waals surface area contributed by atoms with E-state index in [9.17, 15) is 13.2 Å². The molecule has 3 nitrogen and oxygen atoms in total. The van der Waals surface area contributed by atoms with Gasteiger partial charge < -0.3 is 9.84 Å². The molecule has 2 aromatic rings. The van der Waals surface area contributed by atoms with Crippen LogP contribution in [0.3, 0.4) is 0 Å². The number of carbonyl (C=O) groups is 1. The Bertz CT molecular complexity index is 628. The number of carboxylic acids is 1. The number of methoxy groups -OCH3 is 1. The van der Waals surface area contributed by atoms with Gasteiger partial charge in [0, 0.05) is 3.57 Å². The quantitative estimate of drug-likeness (QED) is 0.718. The van der Waals surface area contributed by atoms with E-state index in [1.54, 1.807) is 7.11 Å². The first-order chi connectivity index (χ1) is 10.3. The van der Waals surface area contributed by atoms with Crippen molar-refractivity contribution in [1.29, 1.82) is 0 Å². The van der Waals surface area contributed by atoms with E-state index in [1.165, 1.54) is 14.7 Å². The maximum absolute atomic E-state index is 10.6. The summed E-state index contributed by atoms with van der Waals surface area (Å²) in [5.74, 6) is -1.86. The third kappa shape index (κ3) is 5.55. The molecule has 7 heteroatoms. The van der Waals surface area contributed by atoms with Crippen LogP contribution in [-0.2, 0) is 4.79 Å². The highest BCUT2D eigenvalue weighted by molar-refractivity contribution is 14.1. The van der Waals surface area contributed by atoms with Crippen LogP contribution < -0.4 is 4.74 Å². The first-order valence-electron chi connectivity index (χ1n) is 5.94. The molecule has 0 spiro atoms. The summed E-state index contributed by atoms with van der Waals surface area (Å²) in [7, 11) is 1.69. The second-order valence-corrected chi connectivity index (χ2v) is 5.18. The average Bonchev–Trinajstić information content (AvgIpc) is 2.48. The van der Waals surface area contributed by atoms with E-state index in [2.05, 4.69) is 46.9 Å². The smallest absolute Gasteiger partial charge is 0.490 e. The molecule has 2 rings (SSSR count). The summed E-state index contributed by atoms with van der Waals surface area (Å²) in [4.78, 5) is 8.90. The molecule has 2 aromatic carbocycles. The fourth-order valence-corrected chi connectivity index (χ4v) is 2.12. The van der Waals surface area contributed by atoms with E-state index in [1.807, 2.05) is 24.3 Å². The van der Waals surface area contributed by atoms with Crippen LogP contribution in [0.1, 0.15) is 0 Å². The molecule has 0 heterocycles. The number of rotatable bonds is 2. The zero-order chi connectivity index (χ0) is 16.8. The highest BCUT2D eigenvalue weighted by Gasteiger charge is 2.38. The first-order valence-corrected chi connectivity index (χ1v) is 7.02. The Hall–Kier alpha value is -1.77. The van der Waals surface area contributed by atoms with E-state index in [4.69, 9.17) is 14.6 Å². The normalized spacial score (nSPS) is 10.4. The van der Waals surface area contributed by atoms with Crippen molar-refractivity contribution in [3.05, 3.63) is 52.1 Å². The number of halogens is 4. The Kier molecular flexibility index (Phi) is 6.66. The number of ether oxygens (including phenoxy) is 1. The standard InChI is InChI=1S/C13H11IO.C2HF3O2/c1-15-11-7-8-13(14)12(9-11)10-5-3-2-4-6-10;3-2(4,5)1(6)7/h2-9H,1H3;(H,6,7). The summed E-state index contributed by atoms with van der Waals surface area (Å²) in [6, 6.07) is 16.5. The number of carboxylic acid groups (broad SMARTS) is 1. The van der Waals surface area contributed by atoms with E-state index >= 15 is 0 Å². The van der Waals surface area contributed by atoms with Crippen molar-refractivity contribution in [3.8, 4) is 16.9 Å². The molecule has 1 N–H and O–H groups in total. The Morgan fingerprint density at radius 1 is 1.14 bits per heavy atom. The maximum Gasteiger partial charge on any atom is 0.490 e. The number of aliphatic carboxylic acids is 1. The highest BCUT2D eigenvalue weighted by atomic mass is 127. The molecule has 0 atom stereocenters. The van der Waals surface area contributed by atoms with Crippen LogP contribution in [0.15, 0.2) is 48.5 Å². The van der Waals surface area contributed by atoms with Crippen LogP contribution >= 0.6 is 22.6 Å². The monoisotopic (exact) mass is 424 g/mol. The second-order valence-electron chi connectivity index (χ2n) is 4.01. The van der Waals surface area contributed by atoms with E-state index in [-0.39, 0.29) is 0 Å². The van der Waals surface area contributed by atoms with Crippen LogP contribution in [0.5, 0.6) is 5.75 Å². The average molecular weight is 424 g/mol. The summed E-state index contributed by atoms with van der Waals surface area (Å²) >= 11 is 2.34. The molecule has 0 saturated carbocycles. The van der Waals surface area contributed by atoms with Gasteiger partial charge in [0.05, 0.1) is 7.11 Å². The lowest BCUT2D eigenvalue weighted by Gasteiger charge is -2.07. The fourth-order valence-electron chi connectivity index (χ4n) is 1.47. The second kappa shape index (κ2) is 8.02. The summed E-state index contributed by atoms with van der Waals surface area (Å²) in [5.41, 5.74) is 2.44. The van der Waals surface area contributed by atoms with Crippen molar-refractivity contribution in [2.75, 3.05) is 7.11 Å². The van der Waals surface area contributed by atoms with Gasteiger partial charge >= 0.3 is 12.1 Å². The first kappa shape index (κ1) is 18.3. The zero-order valence-electron chi connectivity index (χ0n) is 11.4. The fraction of sp³-hybridized carbons (Fsp3) is 0.133. The zero-order valence-corrected chi connectivity index (χ0v) is 13.6. The summed E-state index contributed by atoms with van der Waals surface area (Å²) in [6.07, 6.45) is -5.08. The molecule has 0 unspecified atom stereocenters. The van der Waals surface area contributed by atoms with Crippen LogP contribution in [0.2, 0.25) is 0 Å². The largest absolute Gasteiger partial charge is 0.497 e. The molecule has 22 heavy (non-hydrogen) atoms. The summed E-state index contributed by atoms with van der Waals surface area (Å²) in [6.45, 7) is 0. The van der Waals surface area contributed by atoms with Crippen molar-refractivity contribution >= 4 is 28.6 Å². The predicted molar refractivity (Wildman–Crippen MR) is 84.8 cm³/mol. The third-order valence-electron chi connectivity index (χ3n) is 2.50. The van der Waals surface area contributed by atoms with E-state index in [0.29, 0.717) is 0 Å². The molecule has 0 aliphatic rings. The van der Waals surface area contributed by atoms with Crippen molar-refractivity contribution < 1.29 is 27.8 Å². The van der Waals surface area contributed by atoms with Crippen LogP contribution in [0.4, 0.5) is 13.2 Å². The topological polar surface area (TPSA) is 46.5 Å². The molecule has 118 valence electrons. The Morgan fingerprint density at radius 3 is 2.14 bits per heavy atom. The van der Waals surface area contributed by atoms with Gasteiger partial charge in [0.2, 0.25) is 0 Å². The minimum absolute atomic E-state index is 0.897. The van der Waals surface area contributed by atoms with Gasteiger partial charge in [-0.25, -0.2) is 4.79 Å². The lowest BCUT2D eigenvalue weighted by molar-refractivity contribution is -0.192. The van der Waals surface area contributed by atoms with Crippen molar-refractivity contribution in [1.82, 2.24) is 0 Å². The van der Waals surface area contributed by atoms with Gasteiger partial charge in [0.15, 0.2) is 0 Å². The molecule has 0 radical (unpaired) electrons. The summed E-state index contributed by atoms with van der Waals surface area (Å²) in [5, 5.41) is 7.12. The third-order valence-corrected chi connectivity index (χ3v) is 3.44. The molecule has 0 aromatic heterocycles. The predicted octanol–water partition coefficient (Wildman–Crippen LogP) is 4.60. The number of hydrogen-bond acceptors (Lipinski definition) is 2. The maximum atomic E-state index is 10.6. The molecular weight excluding hydrogens is 412 g/mol. The molecule has 0 bridgehead atoms. The highest BCUT2D eigenvalue weighted by Crippen LogP contribution is 2.28. The Morgan fingerprint density at radius 2 is 1.68 bits per heavy atom. The van der Waals surface area contributed by atoms with E-state index < -0.39 is 12.1 Å². The van der Waals surface area contributed by atoms with Crippen LogP contribution in [-0.4, -0.2) is 24.4 Å². The van der Waals surface area contributed by atoms with Crippen LogP contribution in [0, 0.1) is 3.57 Å². The van der Waals surface area contributed by atoms with Gasteiger partial charge in [-0.15, -0.1) is 0 Å². The van der Waals surface area contributed by atoms with E-state index in [0.717, 1.165) is 5.75 Å². The Balaban J connectivity index is 0.000000295. The van der Waals surface area contributed by atoms with Gasteiger partial charge in [0.25, 0.3) is 0 Å². The molecular formula is C15H12F3IO3. The summed E-state index contributed by atoms with van der Waals surface area (Å²) < 4.78 is 38.2. The van der Waals surface area contributed by atoms with Crippen LogP contribution in [0.25, 0.3) is 11.1 Å². The molecule has 0 fully saturated rings. The van der Waals surface area contributed by atoms with Gasteiger partial charge in [-0.1, -0.05) is 30.3 Å². The van der Waals surface area contributed by atoms with Gasteiger partial charge in [0.1, 0.15) is 5.75 Å². The molecule has 0 aliphatic carbocycles. The van der Waals surface area contributed by atoms with Crippen molar-refractivity contribution in [2.24, 2.45) is 0 Å². The number of hydrogen-bond donors (Lipinski definition) is 1. The minimum Gasteiger partial charge on any atom is -0.497 e. The minimum atomic E-state index is -5.08. The van der Waals surface area contributed by atoms with Crippen molar-refractivity contribution in [3.63, 3.8) is 0 Å². The van der Waals surface area contributed by atoms with Crippen molar-refractivity contribution in [2.45, 2.75) is 6.18 Å². The van der Waals surface area contributed by atoms with Gasteiger partial charge in [-0.2, -0.15) is 13.2 Å². The molecule has 0 saturated heterocycles. The lowest BCUT2D eigenvalue weighted by Crippen LogP contribution is -2.21. The lowest BCUT2D eigenvalue weighted by atomic mass is 10.1. The molecule has 0 amide bonds. The SMILES string of the molecule is COc1ccc(I)c(-c2ccccc2)c1.O=C(O)C(F)(F)F. The number of benzene rings is 2. The Labute approximate surface area is 138 Å². The molecule has 0 aliphatic heterocycles. The van der Waals surface area contributed by atoms with Gasteiger partial charge in [-0.3, -0.25) is 0 Å².